The summed E-state index contributed by atoms with van der Waals surface area (Å²) in [5.74, 6) is 0. The molecule has 0 saturated carbocycles. The molecule has 1 aromatic heterocycles. The molecule has 0 bridgehead atoms. The first-order chi connectivity index (χ1) is 8.79. The first-order valence-corrected chi connectivity index (χ1v) is 6.78. The van der Waals surface area contributed by atoms with Crippen molar-refractivity contribution in [3.63, 3.8) is 0 Å². The number of anilines is 1. The lowest BCUT2D eigenvalue weighted by Gasteiger charge is -2.23. The molecule has 0 amide bonds. The lowest BCUT2D eigenvalue weighted by molar-refractivity contribution is 0.116. The van der Waals surface area contributed by atoms with Crippen LogP contribution in [0.3, 0.4) is 0 Å². The highest BCUT2D eigenvalue weighted by molar-refractivity contribution is 5.45. The summed E-state index contributed by atoms with van der Waals surface area (Å²) in [6, 6.07) is 4.21. The molecule has 100 valence electrons. The number of hydrogen-bond acceptors (Lipinski definition) is 4. The molecule has 1 unspecified atom stereocenters. The molecule has 2 heterocycles. The third-order valence-electron chi connectivity index (χ3n) is 3.30. The van der Waals surface area contributed by atoms with E-state index in [0.717, 1.165) is 31.9 Å². The van der Waals surface area contributed by atoms with E-state index in [1.807, 2.05) is 6.20 Å². The third-order valence-corrected chi connectivity index (χ3v) is 3.30. The Balaban J connectivity index is 1.93. The summed E-state index contributed by atoms with van der Waals surface area (Å²) in [7, 11) is 2.12. The molecule has 0 spiro atoms. The van der Waals surface area contributed by atoms with Gasteiger partial charge < -0.3 is 15.0 Å². The largest absolute Gasteiger partial charge is 0.376 e. The first-order valence-electron chi connectivity index (χ1n) is 6.78. The van der Waals surface area contributed by atoms with Crippen LogP contribution in [0, 0.1) is 0 Å². The maximum atomic E-state index is 5.67. The molecule has 0 radical (unpaired) electrons. The van der Waals surface area contributed by atoms with E-state index >= 15 is 0 Å². The second-order valence-electron chi connectivity index (χ2n) is 4.80. The van der Waals surface area contributed by atoms with Crippen LogP contribution in [0.25, 0.3) is 0 Å². The van der Waals surface area contributed by atoms with Crippen LogP contribution in [0.5, 0.6) is 0 Å². The Morgan fingerprint density at radius 2 is 2.44 bits per heavy atom. The van der Waals surface area contributed by atoms with Gasteiger partial charge in [-0.3, -0.25) is 4.98 Å². The standard InChI is InChI=1S/C14H23N3O/c1-3-15-10-12-9-13(6-7-16-12)17(2)11-14-5-4-8-18-14/h6-7,9,14-15H,3-5,8,10-11H2,1-2H3. The van der Waals surface area contributed by atoms with Crippen LogP contribution in [0.1, 0.15) is 25.5 Å². The Labute approximate surface area is 109 Å². The van der Waals surface area contributed by atoms with Crippen LogP contribution in [-0.2, 0) is 11.3 Å². The zero-order valence-corrected chi connectivity index (χ0v) is 11.4. The van der Waals surface area contributed by atoms with Crippen LogP contribution < -0.4 is 10.2 Å². The Kier molecular flexibility index (Phi) is 4.96. The summed E-state index contributed by atoms with van der Waals surface area (Å²) < 4.78 is 5.67. The van der Waals surface area contributed by atoms with Crippen molar-refractivity contribution in [1.82, 2.24) is 10.3 Å². The number of likely N-dealkylation sites (N-methyl/N-ethyl adjacent to an activating group) is 1. The Morgan fingerprint density at radius 3 is 3.17 bits per heavy atom. The van der Waals surface area contributed by atoms with Gasteiger partial charge in [0.05, 0.1) is 11.8 Å². The zero-order chi connectivity index (χ0) is 12.8. The van der Waals surface area contributed by atoms with Crippen LogP contribution >= 0.6 is 0 Å². The van der Waals surface area contributed by atoms with E-state index in [1.165, 1.54) is 18.5 Å². The fourth-order valence-electron chi connectivity index (χ4n) is 2.25. The quantitative estimate of drug-likeness (QED) is 0.834. The predicted molar refractivity (Wildman–Crippen MR) is 73.9 cm³/mol. The van der Waals surface area contributed by atoms with Gasteiger partial charge in [0.15, 0.2) is 0 Å². The molecule has 1 saturated heterocycles. The molecule has 18 heavy (non-hydrogen) atoms. The van der Waals surface area contributed by atoms with Crippen molar-refractivity contribution in [2.24, 2.45) is 0 Å². The number of pyridine rings is 1. The normalized spacial score (nSPS) is 19.1. The molecule has 1 N–H and O–H groups in total. The van der Waals surface area contributed by atoms with Crippen molar-refractivity contribution in [2.45, 2.75) is 32.4 Å². The number of aromatic nitrogens is 1. The van der Waals surface area contributed by atoms with Crippen molar-refractivity contribution >= 4 is 5.69 Å². The first kappa shape index (κ1) is 13.3. The van der Waals surface area contributed by atoms with Crippen molar-refractivity contribution in [1.29, 1.82) is 0 Å². The second-order valence-corrected chi connectivity index (χ2v) is 4.80. The predicted octanol–water partition coefficient (Wildman–Crippen LogP) is 1.81. The molecule has 4 heteroatoms. The van der Waals surface area contributed by atoms with Crippen molar-refractivity contribution in [2.75, 3.05) is 31.6 Å². The number of ether oxygens (including phenoxy) is 1. The fourth-order valence-corrected chi connectivity index (χ4v) is 2.25. The average molecular weight is 249 g/mol. The fraction of sp³-hybridized carbons (Fsp3) is 0.643. The Hall–Kier alpha value is -1.13. The van der Waals surface area contributed by atoms with Gasteiger partial charge in [-0.1, -0.05) is 6.92 Å². The van der Waals surface area contributed by atoms with Crippen LogP contribution in [0.15, 0.2) is 18.3 Å². The van der Waals surface area contributed by atoms with Gasteiger partial charge in [-0.15, -0.1) is 0 Å². The molecule has 2 rings (SSSR count). The molecule has 1 aliphatic heterocycles. The molecule has 1 aromatic rings. The summed E-state index contributed by atoms with van der Waals surface area (Å²) in [4.78, 5) is 6.63. The average Bonchev–Trinajstić information content (AvgIpc) is 2.89. The highest BCUT2D eigenvalue weighted by Crippen LogP contribution is 2.18. The van der Waals surface area contributed by atoms with E-state index in [-0.39, 0.29) is 0 Å². The summed E-state index contributed by atoms with van der Waals surface area (Å²) >= 11 is 0. The van der Waals surface area contributed by atoms with Gasteiger partial charge in [-0.25, -0.2) is 0 Å². The minimum atomic E-state index is 0.389. The zero-order valence-electron chi connectivity index (χ0n) is 11.4. The van der Waals surface area contributed by atoms with Crippen molar-refractivity contribution in [3.05, 3.63) is 24.0 Å². The molecule has 0 aromatic carbocycles. The van der Waals surface area contributed by atoms with E-state index < -0.39 is 0 Å². The maximum absolute atomic E-state index is 5.67. The van der Waals surface area contributed by atoms with Gasteiger partial charge in [-0.2, -0.15) is 0 Å². The van der Waals surface area contributed by atoms with Crippen LogP contribution in [-0.4, -0.2) is 37.8 Å². The third kappa shape index (κ3) is 3.68. The highest BCUT2D eigenvalue weighted by Gasteiger charge is 2.17. The minimum Gasteiger partial charge on any atom is -0.376 e. The Bertz CT molecular complexity index is 364. The Morgan fingerprint density at radius 1 is 1.56 bits per heavy atom. The van der Waals surface area contributed by atoms with Gasteiger partial charge in [0.1, 0.15) is 0 Å². The van der Waals surface area contributed by atoms with Gasteiger partial charge in [0.25, 0.3) is 0 Å². The smallest absolute Gasteiger partial charge is 0.0750 e. The van der Waals surface area contributed by atoms with Gasteiger partial charge in [0.2, 0.25) is 0 Å². The number of nitrogens with zero attached hydrogens (tertiary/aromatic N) is 2. The van der Waals surface area contributed by atoms with E-state index in [0.29, 0.717) is 6.10 Å². The molecule has 1 aliphatic rings. The van der Waals surface area contributed by atoms with E-state index in [4.69, 9.17) is 4.74 Å². The monoisotopic (exact) mass is 249 g/mol. The summed E-state index contributed by atoms with van der Waals surface area (Å²) in [5.41, 5.74) is 2.31. The molecule has 1 atom stereocenters. The van der Waals surface area contributed by atoms with Crippen LogP contribution in [0.4, 0.5) is 5.69 Å². The summed E-state index contributed by atoms with van der Waals surface area (Å²) in [5, 5.41) is 3.30. The van der Waals surface area contributed by atoms with E-state index in [1.54, 1.807) is 0 Å². The SMILES string of the molecule is CCNCc1cc(N(C)CC2CCCO2)ccn1. The van der Waals surface area contributed by atoms with Gasteiger partial charge >= 0.3 is 0 Å². The molecular weight excluding hydrogens is 226 g/mol. The second kappa shape index (κ2) is 6.71. The van der Waals surface area contributed by atoms with Crippen molar-refractivity contribution < 1.29 is 4.74 Å². The molecular formula is C14H23N3O. The van der Waals surface area contributed by atoms with Gasteiger partial charge in [-0.05, 0) is 31.5 Å². The number of hydrogen-bond donors (Lipinski definition) is 1. The maximum Gasteiger partial charge on any atom is 0.0750 e. The summed E-state index contributed by atoms with van der Waals surface area (Å²) in [6.07, 6.45) is 4.65. The minimum absolute atomic E-state index is 0.389. The molecule has 4 nitrogen and oxygen atoms in total. The lowest BCUT2D eigenvalue weighted by Crippen LogP contribution is -2.28. The summed E-state index contributed by atoms with van der Waals surface area (Å²) in [6.45, 7) is 5.79. The topological polar surface area (TPSA) is 37.4 Å². The van der Waals surface area contributed by atoms with Crippen LogP contribution in [0.2, 0.25) is 0 Å². The highest BCUT2D eigenvalue weighted by atomic mass is 16.5. The number of rotatable bonds is 6. The lowest BCUT2D eigenvalue weighted by atomic mass is 10.2. The van der Waals surface area contributed by atoms with E-state index in [9.17, 15) is 0 Å². The molecule has 0 aliphatic carbocycles. The van der Waals surface area contributed by atoms with Gasteiger partial charge in [0, 0.05) is 38.6 Å². The number of nitrogens with one attached hydrogen (secondary N) is 1. The van der Waals surface area contributed by atoms with E-state index in [2.05, 4.69) is 41.3 Å². The molecule has 1 fully saturated rings. The van der Waals surface area contributed by atoms with Crippen molar-refractivity contribution in [3.8, 4) is 0 Å².